The highest BCUT2D eigenvalue weighted by atomic mass is 19.2. The first-order chi connectivity index (χ1) is 7.02. The van der Waals surface area contributed by atoms with Gasteiger partial charge < -0.3 is 5.32 Å². The number of benzene rings is 1. The van der Waals surface area contributed by atoms with Crippen molar-refractivity contribution in [1.82, 2.24) is 0 Å². The van der Waals surface area contributed by atoms with Gasteiger partial charge >= 0.3 is 0 Å². The standard InChI is InChI=1S/C11H14F3N/c1-7(2)5-6-15-9-4-3-8(12)10(13)11(9)14/h3-4,7,15H,5-6H2,1-2H3. The molecule has 1 N–H and O–H groups in total. The Hall–Kier alpha value is -1.19. The molecular formula is C11H14F3N. The fourth-order valence-electron chi connectivity index (χ4n) is 1.16. The lowest BCUT2D eigenvalue weighted by molar-refractivity contribution is 0.448. The van der Waals surface area contributed by atoms with Gasteiger partial charge in [0.05, 0.1) is 5.69 Å². The largest absolute Gasteiger partial charge is 0.383 e. The van der Waals surface area contributed by atoms with Crippen LogP contribution in [0.4, 0.5) is 18.9 Å². The third kappa shape index (κ3) is 3.15. The average Bonchev–Trinajstić information content (AvgIpc) is 2.18. The van der Waals surface area contributed by atoms with Crippen molar-refractivity contribution in [3.05, 3.63) is 29.6 Å². The Morgan fingerprint density at radius 2 is 1.80 bits per heavy atom. The van der Waals surface area contributed by atoms with Gasteiger partial charge in [0, 0.05) is 6.54 Å². The van der Waals surface area contributed by atoms with E-state index in [4.69, 9.17) is 0 Å². The molecule has 0 aliphatic heterocycles. The smallest absolute Gasteiger partial charge is 0.196 e. The Kier molecular flexibility index (Phi) is 4.00. The van der Waals surface area contributed by atoms with Crippen LogP contribution in [-0.2, 0) is 0 Å². The van der Waals surface area contributed by atoms with E-state index in [0.29, 0.717) is 12.5 Å². The van der Waals surface area contributed by atoms with Crippen LogP contribution >= 0.6 is 0 Å². The second kappa shape index (κ2) is 5.05. The minimum atomic E-state index is -1.43. The van der Waals surface area contributed by atoms with E-state index in [1.165, 1.54) is 6.07 Å². The average molecular weight is 217 g/mol. The van der Waals surface area contributed by atoms with Crippen LogP contribution in [0, 0.1) is 23.4 Å². The highest BCUT2D eigenvalue weighted by Gasteiger charge is 2.12. The lowest BCUT2D eigenvalue weighted by Gasteiger charge is -2.09. The number of rotatable bonds is 4. The minimum Gasteiger partial charge on any atom is -0.383 e. The van der Waals surface area contributed by atoms with Crippen molar-refractivity contribution in [1.29, 1.82) is 0 Å². The van der Waals surface area contributed by atoms with Crippen molar-refractivity contribution in [2.45, 2.75) is 20.3 Å². The molecule has 1 aromatic carbocycles. The highest BCUT2D eigenvalue weighted by Crippen LogP contribution is 2.19. The molecule has 0 spiro atoms. The number of halogens is 3. The van der Waals surface area contributed by atoms with E-state index in [9.17, 15) is 13.2 Å². The summed E-state index contributed by atoms with van der Waals surface area (Å²) in [6.07, 6.45) is 0.846. The van der Waals surface area contributed by atoms with Crippen LogP contribution in [0.3, 0.4) is 0 Å². The van der Waals surface area contributed by atoms with Crippen LogP contribution in [-0.4, -0.2) is 6.54 Å². The van der Waals surface area contributed by atoms with Crippen LogP contribution in [0.2, 0.25) is 0 Å². The molecule has 0 atom stereocenters. The maximum atomic E-state index is 13.1. The monoisotopic (exact) mass is 217 g/mol. The van der Waals surface area contributed by atoms with Gasteiger partial charge in [0.2, 0.25) is 0 Å². The normalized spacial score (nSPS) is 10.8. The minimum absolute atomic E-state index is 0.00884. The predicted octanol–water partition coefficient (Wildman–Crippen LogP) is 3.56. The van der Waals surface area contributed by atoms with E-state index in [-0.39, 0.29) is 5.69 Å². The molecule has 15 heavy (non-hydrogen) atoms. The molecule has 4 heteroatoms. The molecule has 0 unspecified atom stereocenters. The molecule has 1 aromatic rings. The molecule has 0 aromatic heterocycles. The molecular weight excluding hydrogens is 203 g/mol. The molecule has 0 aliphatic carbocycles. The van der Waals surface area contributed by atoms with Gasteiger partial charge in [-0.2, -0.15) is 0 Å². The van der Waals surface area contributed by atoms with Crippen LogP contribution in [0.25, 0.3) is 0 Å². The van der Waals surface area contributed by atoms with Gasteiger partial charge in [-0.3, -0.25) is 0 Å². The summed E-state index contributed by atoms with van der Waals surface area (Å²) in [6, 6.07) is 2.12. The Morgan fingerprint density at radius 3 is 2.40 bits per heavy atom. The lowest BCUT2D eigenvalue weighted by Crippen LogP contribution is -2.07. The van der Waals surface area contributed by atoms with Gasteiger partial charge in [-0.05, 0) is 24.5 Å². The SMILES string of the molecule is CC(C)CCNc1ccc(F)c(F)c1F. The van der Waals surface area contributed by atoms with Crippen molar-refractivity contribution >= 4 is 5.69 Å². The quantitative estimate of drug-likeness (QED) is 0.760. The highest BCUT2D eigenvalue weighted by molar-refractivity contribution is 5.45. The van der Waals surface area contributed by atoms with Crippen molar-refractivity contribution in [3.63, 3.8) is 0 Å². The zero-order valence-corrected chi connectivity index (χ0v) is 8.78. The van der Waals surface area contributed by atoms with E-state index in [0.717, 1.165) is 12.5 Å². The van der Waals surface area contributed by atoms with E-state index in [2.05, 4.69) is 5.32 Å². The molecule has 0 heterocycles. The first kappa shape index (κ1) is 11.9. The van der Waals surface area contributed by atoms with Gasteiger partial charge in [0.15, 0.2) is 17.5 Å². The van der Waals surface area contributed by atoms with Crippen molar-refractivity contribution in [2.24, 2.45) is 5.92 Å². The molecule has 0 aliphatic rings. The molecule has 0 fully saturated rings. The van der Waals surface area contributed by atoms with E-state index in [1.54, 1.807) is 0 Å². The molecule has 0 radical (unpaired) electrons. The summed E-state index contributed by atoms with van der Waals surface area (Å²) in [7, 11) is 0. The van der Waals surface area contributed by atoms with Crippen LogP contribution < -0.4 is 5.32 Å². The number of anilines is 1. The maximum absolute atomic E-state index is 13.1. The lowest BCUT2D eigenvalue weighted by atomic mass is 10.1. The fraction of sp³-hybridized carbons (Fsp3) is 0.455. The second-order valence-corrected chi connectivity index (χ2v) is 3.83. The molecule has 0 saturated carbocycles. The Labute approximate surface area is 87.3 Å². The first-order valence-corrected chi connectivity index (χ1v) is 4.89. The number of nitrogens with one attached hydrogen (secondary N) is 1. The topological polar surface area (TPSA) is 12.0 Å². The molecule has 84 valence electrons. The summed E-state index contributed by atoms with van der Waals surface area (Å²) in [5.74, 6) is -3.27. The molecule has 0 bridgehead atoms. The summed E-state index contributed by atoms with van der Waals surface area (Å²) < 4.78 is 38.5. The van der Waals surface area contributed by atoms with Gasteiger partial charge in [0.1, 0.15) is 0 Å². The summed E-state index contributed by atoms with van der Waals surface area (Å²) in [4.78, 5) is 0. The van der Waals surface area contributed by atoms with E-state index in [1.807, 2.05) is 13.8 Å². The van der Waals surface area contributed by atoms with Crippen LogP contribution in [0.5, 0.6) is 0 Å². The third-order valence-electron chi connectivity index (χ3n) is 2.07. The molecule has 1 nitrogen and oxygen atoms in total. The predicted molar refractivity (Wildman–Crippen MR) is 54.3 cm³/mol. The van der Waals surface area contributed by atoms with Gasteiger partial charge in [-0.1, -0.05) is 13.8 Å². The van der Waals surface area contributed by atoms with E-state index >= 15 is 0 Å². The van der Waals surface area contributed by atoms with Crippen LogP contribution in [0.1, 0.15) is 20.3 Å². The second-order valence-electron chi connectivity index (χ2n) is 3.83. The summed E-state index contributed by atoms with van der Waals surface area (Å²) in [5, 5.41) is 2.73. The Morgan fingerprint density at radius 1 is 1.13 bits per heavy atom. The zero-order chi connectivity index (χ0) is 11.4. The van der Waals surface area contributed by atoms with Gasteiger partial charge in [-0.15, -0.1) is 0 Å². The van der Waals surface area contributed by atoms with Crippen molar-refractivity contribution in [2.75, 3.05) is 11.9 Å². The van der Waals surface area contributed by atoms with Crippen molar-refractivity contribution < 1.29 is 13.2 Å². The molecule has 0 amide bonds. The maximum Gasteiger partial charge on any atom is 0.196 e. The van der Waals surface area contributed by atoms with Gasteiger partial charge in [0.25, 0.3) is 0 Å². The third-order valence-corrected chi connectivity index (χ3v) is 2.07. The summed E-state index contributed by atoms with van der Waals surface area (Å²) in [6.45, 7) is 4.60. The van der Waals surface area contributed by atoms with Crippen molar-refractivity contribution in [3.8, 4) is 0 Å². The molecule has 1 rings (SSSR count). The number of hydrogen-bond acceptors (Lipinski definition) is 1. The van der Waals surface area contributed by atoms with Crippen LogP contribution in [0.15, 0.2) is 12.1 Å². The fourth-order valence-corrected chi connectivity index (χ4v) is 1.16. The zero-order valence-electron chi connectivity index (χ0n) is 8.78. The summed E-state index contributed by atoms with van der Waals surface area (Å²) in [5.41, 5.74) is 0.00884. The summed E-state index contributed by atoms with van der Waals surface area (Å²) >= 11 is 0. The number of hydrogen-bond donors (Lipinski definition) is 1. The first-order valence-electron chi connectivity index (χ1n) is 4.89. The van der Waals surface area contributed by atoms with Gasteiger partial charge in [-0.25, -0.2) is 13.2 Å². The Bertz CT molecular complexity index is 337. The van der Waals surface area contributed by atoms with E-state index < -0.39 is 17.5 Å². The Balaban J connectivity index is 2.66. The molecule has 0 saturated heterocycles.